The van der Waals surface area contributed by atoms with Crippen LogP contribution >= 0.6 is 10.9 Å². The van der Waals surface area contributed by atoms with Gasteiger partial charge in [-0.3, -0.25) is 9.59 Å². The van der Waals surface area contributed by atoms with Crippen molar-refractivity contribution < 1.29 is 18.0 Å². The molecule has 9 nitrogen and oxygen atoms in total. The zero-order valence-corrected chi connectivity index (χ0v) is 22.4. The maximum absolute atomic E-state index is 12.8. The summed E-state index contributed by atoms with van der Waals surface area (Å²) >= 11 is 0. The second kappa shape index (κ2) is 12.9. The maximum atomic E-state index is 12.8. The lowest BCUT2D eigenvalue weighted by atomic mass is 10.2. The summed E-state index contributed by atoms with van der Waals surface area (Å²) in [5, 5.41) is 13.0. The summed E-state index contributed by atoms with van der Waals surface area (Å²) < 4.78 is 27.6. The maximum Gasteiger partial charge on any atom is 0.264 e. The number of thiol groups is 1. The second-order valence-electron chi connectivity index (χ2n) is 8.36. The molecular weight excluding hydrogens is 536 g/mol. The van der Waals surface area contributed by atoms with Gasteiger partial charge in [0.15, 0.2) is 0 Å². The number of rotatable bonds is 11. The van der Waals surface area contributed by atoms with Crippen molar-refractivity contribution in [1.82, 2.24) is 4.72 Å². The number of amides is 2. The summed E-state index contributed by atoms with van der Waals surface area (Å²) in [5.41, 5.74) is 1.72. The fraction of sp³-hybridized carbons (Fsp3) is 0.0714. The second-order valence-corrected chi connectivity index (χ2v) is 12.1. The van der Waals surface area contributed by atoms with E-state index in [0.29, 0.717) is 17.9 Å². The van der Waals surface area contributed by atoms with Crippen molar-refractivity contribution in [3.05, 3.63) is 118 Å². The number of nitrogens with zero attached hydrogens (tertiary/aromatic N) is 1. The molecule has 0 spiro atoms. The van der Waals surface area contributed by atoms with Crippen molar-refractivity contribution in [1.29, 1.82) is 0 Å². The van der Waals surface area contributed by atoms with Gasteiger partial charge in [-0.2, -0.15) is 0 Å². The molecule has 0 saturated carbocycles. The minimum absolute atomic E-state index is 0.0698. The van der Waals surface area contributed by atoms with Crippen LogP contribution in [0.2, 0.25) is 0 Å². The monoisotopic (exact) mass is 562 g/mol. The van der Waals surface area contributed by atoms with E-state index in [1.54, 1.807) is 6.08 Å². The Morgan fingerprint density at radius 1 is 0.923 bits per heavy atom. The zero-order valence-electron chi connectivity index (χ0n) is 20.7. The quantitative estimate of drug-likeness (QED) is 0.142. The molecule has 4 rings (SSSR count). The summed E-state index contributed by atoms with van der Waals surface area (Å²) in [6.45, 7) is 0.589. The van der Waals surface area contributed by atoms with E-state index >= 15 is 0 Å². The average Bonchev–Trinajstić information content (AvgIpc) is 3.46. The van der Waals surface area contributed by atoms with Crippen LogP contribution in [0, 0.1) is 4.91 Å². The molecule has 3 aromatic carbocycles. The largest absolute Gasteiger partial charge is 0.382 e. The number of nitrogens with one attached hydrogen (secondary N) is 3. The fourth-order valence-corrected chi connectivity index (χ4v) is 6.01. The molecule has 0 bridgehead atoms. The van der Waals surface area contributed by atoms with Crippen LogP contribution in [-0.4, -0.2) is 32.5 Å². The highest BCUT2D eigenvalue weighted by Gasteiger charge is 2.20. The number of anilines is 2. The SMILES string of the molecule is O=Nc1cc(S(=O)(=O)NC(=O)c2ccc(NC(=O)C=Cc3ccccc3)cc2)ccc1NCC[SH]1C=CC=C1. The van der Waals surface area contributed by atoms with Gasteiger partial charge in [-0.25, -0.2) is 24.0 Å². The van der Waals surface area contributed by atoms with Crippen molar-refractivity contribution in [3.8, 4) is 0 Å². The average molecular weight is 563 g/mol. The molecule has 0 radical (unpaired) electrons. The highest BCUT2D eigenvalue weighted by atomic mass is 32.2. The Balaban J connectivity index is 1.35. The van der Waals surface area contributed by atoms with E-state index in [0.717, 1.165) is 17.4 Å². The standard InChI is InChI=1S/C28H26N4O5S2/c33-27(15-8-21-6-2-1-3-7-21)30-23-11-9-22(10-12-23)28(34)32-39(36,37)24-13-14-25(26(20-24)31-35)29-16-19-38-17-4-5-18-38/h1-15,17-18,20,29,38H,16,19H2,(H,30,33)(H,32,34). The van der Waals surface area contributed by atoms with Gasteiger partial charge in [0.25, 0.3) is 15.9 Å². The smallest absolute Gasteiger partial charge is 0.264 e. The molecule has 2 amide bonds. The van der Waals surface area contributed by atoms with Crippen molar-refractivity contribution >= 4 is 55.9 Å². The molecule has 11 heteroatoms. The lowest BCUT2D eigenvalue weighted by Gasteiger charge is -2.13. The molecule has 1 aliphatic rings. The molecule has 3 aromatic rings. The molecule has 3 N–H and O–H groups in total. The Morgan fingerprint density at radius 3 is 2.33 bits per heavy atom. The molecule has 1 aliphatic heterocycles. The third kappa shape index (κ3) is 7.76. The Morgan fingerprint density at radius 2 is 1.64 bits per heavy atom. The molecular formula is C28H26N4O5S2. The first kappa shape index (κ1) is 27.6. The molecule has 200 valence electrons. The van der Waals surface area contributed by atoms with Crippen LogP contribution in [0.4, 0.5) is 17.1 Å². The molecule has 0 aromatic heterocycles. The van der Waals surface area contributed by atoms with Gasteiger partial charge < -0.3 is 10.6 Å². The van der Waals surface area contributed by atoms with Crippen LogP contribution in [0.3, 0.4) is 0 Å². The van der Waals surface area contributed by atoms with E-state index in [2.05, 4.69) is 26.6 Å². The first-order chi connectivity index (χ1) is 18.8. The van der Waals surface area contributed by atoms with E-state index in [1.807, 2.05) is 47.2 Å². The Labute approximate surface area is 229 Å². The van der Waals surface area contributed by atoms with Crippen LogP contribution < -0.4 is 15.4 Å². The molecule has 0 unspecified atom stereocenters. The van der Waals surface area contributed by atoms with Gasteiger partial charge >= 0.3 is 0 Å². The first-order valence-electron chi connectivity index (χ1n) is 11.9. The Bertz CT molecular complexity index is 1540. The summed E-state index contributed by atoms with van der Waals surface area (Å²) in [6, 6.07) is 19.0. The number of benzene rings is 3. The third-order valence-corrected chi connectivity index (χ3v) is 8.78. The van der Waals surface area contributed by atoms with E-state index in [-0.39, 0.29) is 32.9 Å². The predicted octanol–water partition coefficient (Wildman–Crippen LogP) is 5.31. The van der Waals surface area contributed by atoms with Crippen LogP contribution in [0.1, 0.15) is 15.9 Å². The molecule has 39 heavy (non-hydrogen) atoms. The van der Waals surface area contributed by atoms with E-state index in [1.165, 1.54) is 42.5 Å². The molecule has 0 atom stereocenters. The van der Waals surface area contributed by atoms with Crippen LogP contribution in [0.25, 0.3) is 6.08 Å². The van der Waals surface area contributed by atoms with E-state index in [4.69, 9.17) is 0 Å². The highest BCUT2D eigenvalue weighted by Crippen LogP contribution is 2.33. The Kier molecular flexibility index (Phi) is 9.08. The van der Waals surface area contributed by atoms with Gasteiger partial charge in [0.2, 0.25) is 5.91 Å². The zero-order chi connectivity index (χ0) is 27.7. The number of carbonyl (C=O) groups is 2. The van der Waals surface area contributed by atoms with Crippen molar-refractivity contribution in [2.45, 2.75) is 4.90 Å². The summed E-state index contributed by atoms with van der Waals surface area (Å²) in [4.78, 5) is 35.9. The molecule has 1 heterocycles. The summed E-state index contributed by atoms with van der Waals surface area (Å²) in [7, 11) is -4.60. The van der Waals surface area contributed by atoms with Crippen LogP contribution in [-0.2, 0) is 14.8 Å². The highest BCUT2D eigenvalue weighted by molar-refractivity contribution is 8.22. The first-order valence-corrected chi connectivity index (χ1v) is 15.0. The molecule has 0 aliphatic carbocycles. The minimum atomic E-state index is -4.27. The van der Waals surface area contributed by atoms with Crippen molar-refractivity contribution in [3.63, 3.8) is 0 Å². The Hall–Kier alpha value is -4.48. The molecule has 0 saturated heterocycles. The third-order valence-electron chi connectivity index (χ3n) is 5.60. The number of sulfonamides is 1. The minimum Gasteiger partial charge on any atom is -0.382 e. The number of allylic oxidation sites excluding steroid dienone is 2. The van der Waals surface area contributed by atoms with Gasteiger partial charge in [0.1, 0.15) is 5.69 Å². The topological polar surface area (TPSA) is 134 Å². The van der Waals surface area contributed by atoms with Gasteiger partial charge in [-0.1, -0.05) is 42.5 Å². The van der Waals surface area contributed by atoms with Gasteiger partial charge in [-0.05, 0) is 75.8 Å². The lowest BCUT2D eigenvalue weighted by molar-refractivity contribution is -0.111. The van der Waals surface area contributed by atoms with Gasteiger partial charge in [0.05, 0.1) is 10.6 Å². The van der Waals surface area contributed by atoms with Crippen molar-refractivity contribution in [2.24, 2.45) is 5.18 Å². The number of nitroso groups, excluding NO2 is 1. The van der Waals surface area contributed by atoms with E-state index in [9.17, 15) is 22.9 Å². The number of hydrogen-bond donors (Lipinski definition) is 4. The molecule has 0 fully saturated rings. The summed E-state index contributed by atoms with van der Waals surface area (Å²) in [5.74, 6) is -0.354. The van der Waals surface area contributed by atoms with Crippen LogP contribution in [0.5, 0.6) is 0 Å². The predicted molar refractivity (Wildman–Crippen MR) is 158 cm³/mol. The number of hydrogen-bond acceptors (Lipinski definition) is 7. The normalized spacial score (nSPS) is 13.4. The van der Waals surface area contributed by atoms with Crippen molar-refractivity contribution in [2.75, 3.05) is 22.9 Å². The van der Waals surface area contributed by atoms with E-state index < -0.39 is 15.9 Å². The summed E-state index contributed by atoms with van der Waals surface area (Å²) in [6.07, 6.45) is 7.05. The van der Waals surface area contributed by atoms with Crippen LogP contribution in [0.15, 0.2) is 112 Å². The van der Waals surface area contributed by atoms with Gasteiger partial charge in [0, 0.05) is 23.9 Å². The fourth-order valence-electron chi connectivity index (χ4n) is 3.61. The number of carbonyl (C=O) groups excluding carboxylic acids is 2. The lowest BCUT2D eigenvalue weighted by Crippen LogP contribution is -2.30. The van der Waals surface area contributed by atoms with Gasteiger partial charge in [-0.15, -0.1) is 4.91 Å².